The zero-order valence-electron chi connectivity index (χ0n) is 13.3. The van der Waals surface area contributed by atoms with Crippen LogP contribution in [0.4, 0.5) is 5.69 Å². The maximum atomic E-state index is 11.9. The highest BCUT2D eigenvalue weighted by Gasteiger charge is 2.25. The smallest absolute Gasteiger partial charge is 0.360 e. The van der Waals surface area contributed by atoms with Gasteiger partial charge >= 0.3 is 5.97 Å². The highest BCUT2D eigenvalue weighted by Crippen LogP contribution is 2.32. The maximum absolute atomic E-state index is 11.9. The van der Waals surface area contributed by atoms with Gasteiger partial charge in [-0.2, -0.15) is 0 Å². The predicted octanol–water partition coefficient (Wildman–Crippen LogP) is 2.43. The van der Waals surface area contributed by atoms with Crippen LogP contribution in [0.5, 0.6) is 5.75 Å². The van der Waals surface area contributed by atoms with Crippen molar-refractivity contribution in [1.82, 2.24) is 4.98 Å². The van der Waals surface area contributed by atoms with E-state index in [4.69, 9.17) is 13.9 Å². The Bertz CT molecular complexity index is 736. The number of nitrogens with zero attached hydrogens (tertiary/aromatic N) is 1. The van der Waals surface area contributed by atoms with Crippen molar-refractivity contribution in [2.24, 2.45) is 5.92 Å². The summed E-state index contributed by atoms with van der Waals surface area (Å²) in [7, 11) is 1.54. The fraction of sp³-hybridized carbons (Fsp3) is 0.353. The molecule has 1 aromatic carbocycles. The number of oxazole rings is 1. The van der Waals surface area contributed by atoms with Crippen molar-refractivity contribution in [2.45, 2.75) is 19.3 Å². The molecule has 1 fully saturated rings. The van der Waals surface area contributed by atoms with Gasteiger partial charge in [-0.25, -0.2) is 9.78 Å². The first kappa shape index (κ1) is 16.0. The fourth-order valence-electron chi connectivity index (χ4n) is 2.17. The zero-order chi connectivity index (χ0) is 16.9. The van der Waals surface area contributed by atoms with E-state index in [0.717, 1.165) is 6.42 Å². The van der Waals surface area contributed by atoms with Gasteiger partial charge in [0, 0.05) is 18.2 Å². The monoisotopic (exact) mass is 330 g/mol. The number of anilines is 1. The number of esters is 1. The highest BCUT2D eigenvalue weighted by molar-refractivity contribution is 5.94. The Morgan fingerprint density at radius 3 is 2.96 bits per heavy atom. The average molecular weight is 330 g/mol. The van der Waals surface area contributed by atoms with Crippen LogP contribution in [-0.4, -0.2) is 30.6 Å². The van der Waals surface area contributed by atoms with Crippen LogP contribution in [-0.2, 0) is 16.0 Å². The molecule has 24 heavy (non-hydrogen) atoms. The molecule has 0 spiro atoms. The predicted molar refractivity (Wildman–Crippen MR) is 84.8 cm³/mol. The lowest BCUT2D eigenvalue weighted by molar-refractivity contribution is -0.119. The Hall–Kier alpha value is -2.83. The normalized spacial score (nSPS) is 13.4. The molecule has 0 unspecified atom stereocenters. The summed E-state index contributed by atoms with van der Waals surface area (Å²) in [4.78, 5) is 27.8. The summed E-state index contributed by atoms with van der Waals surface area (Å²) in [6.07, 6.45) is 4.35. The second-order valence-electron chi connectivity index (χ2n) is 5.63. The van der Waals surface area contributed by atoms with Crippen LogP contribution in [0, 0.1) is 5.92 Å². The molecule has 0 saturated heterocycles. The maximum Gasteiger partial charge on any atom is 0.360 e. The number of amides is 1. The average Bonchev–Trinajstić information content (AvgIpc) is 3.27. The Balaban J connectivity index is 1.47. The number of nitrogens with one attached hydrogen (secondary N) is 1. The molecular weight excluding hydrogens is 312 g/mol. The Labute approximate surface area is 139 Å². The molecule has 0 bridgehead atoms. The summed E-state index contributed by atoms with van der Waals surface area (Å²) in [5, 5.41) is 2.62. The quantitative estimate of drug-likeness (QED) is 0.784. The van der Waals surface area contributed by atoms with E-state index in [1.807, 2.05) is 0 Å². The fourth-order valence-corrected chi connectivity index (χ4v) is 2.17. The largest absolute Gasteiger partial charge is 0.497 e. The molecule has 0 aliphatic heterocycles. The van der Waals surface area contributed by atoms with E-state index in [9.17, 15) is 9.59 Å². The van der Waals surface area contributed by atoms with Crippen LogP contribution >= 0.6 is 0 Å². The number of benzene rings is 1. The van der Waals surface area contributed by atoms with E-state index in [1.165, 1.54) is 26.2 Å². The number of hydrogen-bond acceptors (Lipinski definition) is 6. The molecule has 0 radical (unpaired) electrons. The summed E-state index contributed by atoms with van der Waals surface area (Å²) in [5.41, 5.74) is 0.642. The molecule has 1 N–H and O–H groups in total. The molecular formula is C17H18N2O5. The van der Waals surface area contributed by atoms with Crippen LogP contribution in [0.15, 0.2) is 34.9 Å². The molecule has 2 aromatic rings. The molecule has 1 aliphatic carbocycles. The number of carbonyl (C=O) groups excluding carboxylic acids is 2. The van der Waals surface area contributed by atoms with E-state index >= 15 is 0 Å². The Morgan fingerprint density at radius 2 is 2.21 bits per heavy atom. The minimum Gasteiger partial charge on any atom is -0.497 e. The zero-order valence-corrected chi connectivity index (χ0v) is 13.3. The van der Waals surface area contributed by atoms with Gasteiger partial charge < -0.3 is 19.2 Å². The highest BCUT2D eigenvalue weighted by atomic mass is 16.5. The minimum absolute atomic E-state index is 0.0832. The van der Waals surface area contributed by atoms with Crippen LogP contribution in [0.25, 0.3) is 0 Å². The molecule has 1 aromatic heterocycles. The second kappa shape index (κ2) is 7.16. The van der Waals surface area contributed by atoms with Gasteiger partial charge in [-0.1, -0.05) is 6.07 Å². The molecule has 126 valence electrons. The number of rotatable bonds is 7. The first-order chi connectivity index (χ1) is 11.6. The third kappa shape index (κ3) is 4.34. The molecule has 7 heteroatoms. The van der Waals surface area contributed by atoms with Crippen molar-refractivity contribution in [1.29, 1.82) is 0 Å². The molecule has 1 amide bonds. The number of carbonyl (C=O) groups is 2. The molecule has 3 rings (SSSR count). The summed E-state index contributed by atoms with van der Waals surface area (Å²) < 4.78 is 15.3. The standard InChI is InChI=1S/C17H18N2O5/c1-22-13-4-2-3-12(8-13)18-15(20)10-24-17(21)14-9-23-16(19-14)7-11-5-6-11/h2-4,8-9,11H,5-7,10H2,1H3,(H,18,20). The van der Waals surface area contributed by atoms with Crippen molar-refractivity contribution < 1.29 is 23.5 Å². The summed E-state index contributed by atoms with van der Waals surface area (Å²) in [5.74, 6) is 0.641. The van der Waals surface area contributed by atoms with E-state index in [2.05, 4.69) is 10.3 Å². The van der Waals surface area contributed by atoms with Crippen molar-refractivity contribution in [3.8, 4) is 5.75 Å². The van der Waals surface area contributed by atoms with Gasteiger partial charge in [0.05, 0.1) is 7.11 Å². The molecule has 0 atom stereocenters. The van der Waals surface area contributed by atoms with Crippen molar-refractivity contribution in [3.63, 3.8) is 0 Å². The number of hydrogen-bond donors (Lipinski definition) is 1. The van der Waals surface area contributed by atoms with Crippen LogP contribution < -0.4 is 10.1 Å². The lowest BCUT2D eigenvalue weighted by atomic mass is 10.3. The number of ether oxygens (including phenoxy) is 2. The Kier molecular flexibility index (Phi) is 4.79. The summed E-state index contributed by atoms with van der Waals surface area (Å²) in [6, 6.07) is 6.89. The van der Waals surface area contributed by atoms with Crippen molar-refractivity contribution in [3.05, 3.63) is 42.1 Å². The van der Waals surface area contributed by atoms with E-state index in [0.29, 0.717) is 23.2 Å². The lowest BCUT2D eigenvalue weighted by Crippen LogP contribution is -2.21. The van der Waals surface area contributed by atoms with Crippen LogP contribution in [0.3, 0.4) is 0 Å². The number of methoxy groups -OCH3 is 1. The molecule has 1 saturated carbocycles. The van der Waals surface area contributed by atoms with Crippen molar-refractivity contribution >= 4 is 17.6 Å². The third-order valence-electron chi connectivity index (χ3n) is 3.61. The van der Waals surface area contributed by atoms with Crippen LogP contribution in [0.1, 0.15) is 29.2 Å². The van der Waals surface area contributed by atoms with E-state index in [1.54, 1.807) is 24.3 Å². The Morgan fingerprint density at radius 1 is 1.38 bits per heavy atom. The van der Waals surface area contributed by atoms with E-state index < -0.39 is 18.5 Å². The van der Waals surface area contributed by atoms with Gasteiger partial charge in [0.2, 0.25) is 0 Å². The van der Waals surface area contributed by atoms with E-state index in [-0.39, 0.29) is 5.69 Å². The van der Waals surface area contributed by atoms with Gasteiger partial charge in [0.15, 0.2) is 18.2 Å². The first-order valence-electron chi connectivity index (χ1n) is 7.69. The van der Waals surface area contributed by atoms with Gasteiger partial charge in [0.1, 0.15) is 12.0 Å². The van der Waals surface area contributed by atoms with Gasteiger partial charge in [-0.05, 0) is 30.9 Å². The molecule has 1 heterocycles. The van der Waals surface area contributed by atoms with Crippen molar-refractivity contribution in [2.75, 3.05) is 19.0 Å². The van der Waals surface area contributed by atoms with Crippen LogP contribution in [0.2, 0.25) is 0 Å². The second-order valence-corrected chi connectivity index (χ2v) is 5.63. The topological polar surface area (TPSA) is 90.7 Å². The number of aromatic nitrogens is 1. The minimum atomic E-state index is -0.679. The first-order valence-corrected chi connectivity index (χ1v) is 7.69. The summed E-state index contributed by atoms with van der Waals surface area (Å²) >= 11 is 0. The lowest BCUT2D eigenvalue weighted by Gasteiger charge is -2.07. The summed E-state index contributed by atoms with van der Waals surface area (Å²) in [6.45, 7) is -0.402. The SMILES string of the molecule is COc1cccc(NC(=O)COC(=O)c2coc(CC3CC3)n2)c1. The van der Waals surface area contributed by atoms with Gasteiger partial charge in [-0.3, -0.25) is 4.79 Å². The molecule has 1 aliphatic rings. The van der Waals surface area contributed by atoms with Gasteiger partial charge in [0.25, 0.3) is 5.91 Å². The third-order valence-corrected chi connectivity index (χ3v) is 3.61. The molecule has 7 nitrogen and oxygen atoms in total. The van der Waals surface area contributed by atoms with Gasteiger partial charge in [-0.15, -0.1) is 0 Å².